The monoisotopic (exact) mass is 367 g/mol. The van der Waals surface area contributed by atoms with E-state index >= 15 is 0 Å². The van der Waals surface area contributed by atoms with E-state index in [2.05, 4.69) is 27.5 Å². The number of carbonyl (C=O) groups excluding carboxylic acids is 2. The summed E-state index contributed by atoms with van der Waals surface area (Å²) < 4.78 is 2.39. The zero-order valence-corrected chi connectivity index (χ0v) is 15.4. The van der Waals surface area contributed by atoms with E-state index in [0.29, 0.717) is 24.9 Å². The first-order chi connectivity index (χ1) is 13.2. The van der Waals surface area contributed by atoms with Crippen molar-refractivity contribution in [2.24, 2.45) is 0 Å². The van der Waals surface area contributed by atoms with Crippen molar-refractivity contribution >= 4 is 28.7 Å². The Balaban J connectivity index is 1.56. The Kier molecular flexibility index (Phi) is 4.11. The number of aromatic nitrogens is 2. The number of urea groups is 1. The molecule has 7 nitrogen and oxygen atoms in total. The van der Waals surface area contributed by atoms with E-state index in [1.165, 1.54) is 24.8 Å². The Bertz CT molecular complexity index is 895. The number of fused-ring (bicyclic) bond motifs is 1. The highest BCUT2D eigenvalue weighted by atomic mass is 16.2. The van der Waals surface area contributed by atoms with Crippen LogP contribution in [0.4, 0.5) is 10.5 Å². The van der Waals surface area contributed by atoms with Gasteiger partial charge in [0.1, 0.15) is 0 Å². The molecule has 1 aliphatic carbocycles. The summed E-state index contributed by atoms with van der Waals surface area (Å²) in [5, 5.41) is 5.84. The van der Waals surface area contributed by atoms with Gasteiger partial charge in [0.05, 0.1) is 22.9 Å². The Morgan fingerprint density at radius 2 is 1.93 bits per heavy atom. The van der Waals surface area contributed by atoms with Crippen LogP contribution in [0, 0.1) is 0 Å². The molecule has 2 saturated heterocycles. The second-order valence-corrected chi connectivity index (χ2v) is 7.92. The highest BCUT2D eigenvalue weighted by Gasteiger charge is 2.29. The molecule has 3 fully saturated rings. The van der Waals surface area contributed by atoms with Crippen LogP contribution in [-0.4, -0.2) is 41.1 Å². The van der Waals surface area contributed by atoms with Gasteiger partial charge in [-0.2, -0.15) is 0 Å². The molecule has 0 aromatic carbocycles. The fourth-order valence-corrected chi connectivity index (χ4v) is 4.50. The molecule has 0 bridgehead atoms. The van der Waals surface area contributed by atoms with E-state index in [9.17, 15) is 9.59 Å². The number of pyridine rings is 1. The van der Waals surface area contributed by atoms with Gasteiger partial charge in [0, 0.05) is 25.2 Å². The molecular weight excluding hydrogens is 342 g/mol. The number of nitrogens with zero attached hydrogens (tertiary/aromatic N) is 3. The first kappa shape index (κ1) is 16.7. The van der Waals surface area contributed by atoms with Crippen molar-refractivity contribution in [3.63, 3.8) is 0 Å². The zero-order chi connectivity index (χ0) is 18.4. The molecule has 3 aliphatic rings. The number of piperidine rings is 1. The molecule has 2 aromatic heterocycles. The largest absolute Gasteiger partial charge is 0.343 e. The molecule has 0 unspecified atom stereocenters. The average Bonchev–Trinajstić information content (AvgIpc) is 3.00. The smallest absolute Gasteiger partial charge is 0.328 e. The number of nitrogens with one attached hydrogen (secondary N) is 2. The third-order valence-corrected chi connectivity index (χ3v) is 6.30. The summed E-state index contributed by atoms with van der Waals surface area (Å²) in [6, 6.07) is 2.27. The van der Waals surface area contributed by atoms with Crippen LogP contribution in [0.5, 0.6) is 0 Å². The molecule has 4 heterocycles. The number of carbonyl (C=O) groups is 2. The Morgan fingerprint density at radius 1 is 1.11 bits per heavy atom. The van der Waals surface area contributed by atoms with Gasteiger partial charge < -0.3 is 9.88 Å². The molecule has 0 atom stereocenters. The predicted octanol–water partition coefficient (Wildman–Crippen LogP) is 2.67. The Hall–Kier alpha value is -2.41. The molecular formula is C20H25N5O2. The summed E-state index contributed by atoms with van der Waals surface area (Å²) in [4.78, 5) is 30.1. The van der Waals surface area contributed by atoms with Crippen molar-refractivity contribution in [3.8, 4) is 0 Å². The molecule has 3 amide bonds. The lowest BCUT2D eigenvalue weighted by atomic mass is 9.91. The van der Waals surface area contributed by atoms with E-state index in [1.807, 2.05) is 0 Å². The minimum atomic E-state index is -0.354. The zero-order valence-electron chi connectivity index (χ0n) is 15.4. The normalized spacial score (nSPS) is 22.1. The fraction of sp³-hybridized carbons (Fsp3) is 0.550. The van der Waals surface area contributed by atoms with Crippen LogP contribution in [-0.2, 0) is 4.79 Å². The van der Waals surface area contributed by atoms with Gasteiger partial charge in [-0.25, -0.2) is 4.79 Å². The van der Waals surface area contributed by atoms with E-state index < -0.39 is 0 Å². The lowest BCUT2D eigenvalue weighted by Gasteiger charge is -2.29. The molecule has 5 rings (SSSR count). The standard InChI is InChI=1S/C20H25N5O2/c26-18-6-9-24(20(27)23-18)15-10-17-19(22-11-15)16(13-4-7-21-8-5-13)12-25(17)14-2-1-3-14/h10-14,21H,1-9H2,(H,23,26,27). The molecule has 2 aromatic rings. The minimum absolute atomic E-state index is 0.212. The summed E-state index contributed by atoms with van der Waals surface area (Å²) >= 11 is 0. The second kappa shape index (κ2) is 6.64. The van der Waals surface area contributed by atoms with Gasteiger partial charge in [0.2, 0.25) is 5.91 Å². The molecule has 0 spiro atoms. The summed E-state index contributed by atoms with van der Waals surface area (Å²) in [7, 11) is 0. The van der Waals surface area contributed by atoms with Crippen molar-refractivity contribution in [1.82, 2.24) is 20.2 Å². The van der Waals surface area contributed by atoms with Crippen LogP contribution in [0.1, 0.15) is 56.0 Å². The first-order valence-electron chi connectivity index (χ1n) is 10.0. The van der Waals surface area contributed by atoms with Gasteiger partial charge in [-0.15, -0.1) is 0 Å². The third kappa shape index (κ3) is 2.90. The maximum atomic E-state index is 12.2. The van der Waals surface area contributed by atoms with Crippen LogP contribution in [0.2, 0.25) is 0 Å². The van der Waals surface area contributed by atoms with E-state index in [4.69, 9.17) is 4.98 Å². The maximum absolute atomic E-state index is 12.2. The van der Waals surface area contributed by atoms with Crippen LogP contribution in [0.3, 0.4) is 0 Å². The van der Waals surface area contributed by atoms with Crippen molar-refractivity contribution in [2.45, 2.75) is 50.5 Å². The number of amides is 3. The number of rotatable bonds is 3. The molecule has 1 saturated carbocycles. The van der Waals surface area contributed by atoms with Crippen LogP contribution < -0.4 is 15.5 Å². The van der Waals surface area contributed by atoms with E-state index in [1.54, 1.807) is 11.1 Å². The quantitative estimate of drug-likeness (QED) is 0.874. The van der Waals surface area contributed by atoms with Crippen molar-refractivity contribution in [1.29, 1.82) is 0 Å². The van der Waals surface area contributed by atoms with Gasteiger partial charge in [-0.05, 0) is 62.7 Å². The number of hydrogen-bond acceptors (Lipinski definition) is 4. The Morgan fingerprint density at radius 3 is 2.63 bits per heavy atom. The molecule has 142 valence electrons. The van der Waals surface area contributed by atoms with Crippen LogP contribution in [0.15, 0.2) is 18.5 Å². The van der Waals surface area contributed by atoms with E-state index in [0.717, 1.165) is 42.7 Å². The number of imide groups is 1. The first-order valence-corrected chi connectivity index (χ1v) is 10.0. The summed E-state index contributed by atoms with van der Waals surface area (Å²) in [5.74, 6) is 0.334. The minimum Gasteiger partial charge on any atom is -0.343 e. The Labute approximate surface area is 158 Å². The fourth-order valence-electron chi connectivity index (χ4n) is 4.50. The molecule has 27 heavy (non-hydrogen) atoms. The van der Waals surface area contributed by atoms with Gasteiger partial charge >= 0.3 is 6.03 Å². The van der Waals surface area contributed by atoms with Gasteiger partial charge in [-0.3, -0.25) is 20.0 Å². The summed E-state index contributed by atoms with van der Waals surface area (Å²) in [6.07, 6.45) is 10.4. The average molecular weight is 367 g/mol. The summed E-state index contributed by atoms with van der Waals surface area (Å²) in [6.45, 7) is 2.52. The van der Waals surface area contributed by atoms with Crippen LogP contribution >= 0.6 is 0 Å². The number of hydrogen-bond donors (Lipinski definition) is 2. The van der Waals surface area contributed by atoms with Gasteiger partial charge in [-0.1, -0.05) is 0 Å². The maximum Gasteiger partial charge on any atom is 0.328 e. The predicted molar refractivity (Wildman–Crippen MR) is 103 cm³/mol. The highest BCUT2D eigenvalue weighted by Crippen LogP contribution is 2.40. The highest BCUT2D eigenvalue weighted by molar-refractivity contribution is 6.06. The molecule has 2 aliphatic heterocycles. The van der Waals surface area contributed by atoms with Crippen LogP contribution in [0.25, 0.3) is 11.0 Å². The van der Waals surface area contributed by atoms with E-state index in [-0.39, 0.29) is 11.9 Å². The number of anilines is 1. The SMILES string of the molecule is O=C1CCN(c2cnc3c(C4CCNCC4)cn(C4CCC4)c3c2)C(=O)N1. The van der Waals surface area contributed by atoms with Gasteiger partial charge in [0.25, 0.3) is 0 Å². The lowest BCUT2D eigenvalue weighted by Crippen LogP contribution is -2.49. The molecule has 0 radical (unpaired) electrons. The van der Waals surface area contributed by atoms with Crippen molar-refractivity contribution in [3.05, 3.63) is 24.0 Å². The lowest BCUT2D eigenvalue weighted by molar-refractivity contribution is -0.120. The third-order valence-electron chi connectivity index (χ3n) is 6.30. The van der Waals surface area contributed by atoms with Crippen molar-refractivity contribution < 1.29 is 9.59 Å². The van der Waals surface area contributed by atoms with Crippen molar-refractivity contribution in [2.75, 3.05) is 24.5 Å². The summed E-state index contributed by atoms with van der Waals surface area (Å²) in [5.41, 5.74) is 4.31. The van der Waals surface area contributed by atoms with Gasteiger partial charge in [0.15, 0.2) is 0 Å². The second-order valence-electron chi connectivity index (χ2n) is 7.92. The molecule has 2 N–H and O–H groups in total. The molecule has 7 heteroatoms. The topological polar surface area (TPSA) is 79.3 Å².